The molecule has 3 N–H and O–H groups in total. The van der Waals surface area contributed by atoms with E-state index < -0.39 is 23.9 Å². The van der Waals surface area contributed by atoms with Crippen LogP contribution in [0, 0.1) is 0 Å². The van der Waals surface area contributed by atoms with E-state index >= 15 is 0 Å². The smallest absolute Gasteiger partial charge is 0.357 e. The summed E-state index contributed by atoms with van der Waals surface area (Å²) < 4.78 is 6.98. The maximum absolute atomic E-state index is 12.9. The van der Waals surface area contributed by atoms with Crippen molar-refractivity contribution < 1.29 is 19.1 Å². The van der Waals surface area contributed by atoms with Crippen LogP contribution in [-0.2, 0) is 9.53 Å². The number of primary amides is 1. The summed E-state index contributed by atoms with van der Waals surface area (Å²) in [6.45, 7) is 1.50. The summed E-state index contributed by atoms with van der Waals surface area (Å²) in [5.74, 6) is -1.32. The molecular formula is C23H22N4O4. The van der Waals surface area contributed by atoms with Crippen LogP contribution < -0.4 is 11.1 Å². The van der Waals surface area contributed by atoms with Gasteiger partial charge >= 0.3 is 5.97 Å². The van der Waals surface area contributed by atoms with Gasteiger partial charge in [-0.1, -0.05) is 18.2 Å². The minimum absolute atomic E-state index is 0.276. The average molecular weight is 418 g/mol. The van der Waals surface area contributed by atoms with Crippen LogP contribution in [0.25, 0.3) is 5.69 Å². The molecule has 1 aliphatic carbocycles. The number of hydrogen-bond donors (Lipinski definition) is 2. The Morgan fingerprint density at radius 3 is 2.39 bits per heavy atom. The third-order valence-electron chi connectivity index (χ3n) is 5.02. The summed E-state index contributed by atoms with van der Waals surface area (Å²) in [7, 11) is 0. The highest BCUT2D eigenvalue weighted by Gasteiger charge is 2.30. The zero-order valence-corrected chi connectivity index (χ0v) is 16.9. The molecule has 2 amide bonds. The van der Waals surface area contributed by atoms with E-state index in [1.807, 2.05) is 30.3 Å². The average Bonchev–Trinajstić information content (AvgIpc) is 3.52. The molecule has 1 aliphatic rings. The van der Waals surface area contributed by atoms with Gasteiger partial charge in [0.15, 0.2) is 11.8 Å². The highest BCUT2D eigenvalue weighted by molar-refractivity contribution is 5.98. The molecule has 158 valence electrons. The molecular weight excluding hydrogens is 396 g/mol. The van der Waals surface area contributed by atoms with Crippen LogP contribution in [-0.4, -0.2) is 33.7 Å². The minimum atomic E-state index is -1.04. The van der Waals surface area contributed by atoms with Crippen LogP contribution in [0.2, 0.25) is 0 Å². The fourth-order valence-electron chi connectivity index (χ4n) is 3.13. The molecule has 0 saturated heterocycles. The van der Waals surface area contributed by atoms with Gasteiger partial charge in [-0.15, -0.1) is 0 Å². The third-order valence-corrected chi connectivity index (χ3v) is 5.02. The largest absolute Gasteiger partial charge is 0.448 e. The predicted molar refractivity (Wildman–Crippen MR) is 114 cm³/mol. The highest BCUT2D eigenvalue weighted by atomic mass is 16.5. The first-order valence-electron chi connectivity index (χ1n) is 9.99. The van der Waals surface area contributed by atoms with Gasteiger partial charge in [0, 0.05) is 17.2 Å². The van der Waals surface area contributed by atoms with Crippen molar-refractivity contribution in [3.63, 3.8) is 0 Å². The molecule has 1 heterocycles. The second kappa shape index (κ2) is 8.43. The van der Waals surface area contributed by atoms with Gasteiger partial charge in [0.1, 0.15) is 0 Å². The number of nitrogens with one attached hydrogen (secondary N) is 1. The summed E-state index contributed by atoms with van der Waals surface area (Å²) >= 11 is 0. The number of anilines is 1. The zero-order chi connectivity index (χ0) is 22.0. The van der Waals surface area contributed by atoms with Crippen LogP contribution in [0.5, 0.6) is 0 Å². The molecule has 31 heavy (non-hydrogen) atoms. The minimum Gasteiger partial charge on any atom is -0.448 e. The second-order valence-corrected chi connectivity index (χ2v) is 7.45. The number of rotatable bonds is 7. The van der Waals surface area contributed by atoms with Crippen molar-refractivity contribution in [3.8, 4) is 5.69 Å². The van der Waals surface area contributed by atoms with Crippen molar-refractivity contribution in [3.05, 3.63) is 77.6 Å². The molecule has 1 saturated carbocycles. The Bertz CT molecular complexity index is 1120. The maximum atomic E-state index is 12.9. The third kappa shape index (κ3) is 4.63. The second-order valence-electron chi connectivity index (χ2n) is 7.45. The Labute approximate surface area is 179 Å². The molecule has 0 radical (unpaired) electrons. The lowest BCUT2D eigenvalue weighted by Gasteiger charge is -2.14. The van der Waals surface area contributed by atoms with Crippen LogP contribution in [0.4, 0.5) is 5.69 Å². The van der Waals surface area contributed by atoms with Crippen molar-refractivity contribution in [2.45, 2.75) is 31.8 Å². The fraction of sp³-hybridized carbons (Fsp3) is 0.217. The monoisotopic (exact) mass is 418 g/mol. The number of para-hydroxylation sites is 1. The first-order chi connectivity index (χ1) is 14.9. The lowest BCUT2D eigenvalue weighted by Crippen LogP contribution is -2.30. The Balaban J connectivity index is 1.47. The molecule has 3 aromatic rings. The maximum Gasteiger partial charge on any atom is 0.357 e. The Hall–Kier alpha value is -3.94. The van der Waals surface area contributed by atoms with Crippen molar-refractivity contribution in [2.24, 2.45) is 5.73 Å². The van der Waals surface area contributed by atoms with Crippen LogP contribution in [0.15, 0.2) is 60.7 Å². The van der Waals surface area contributed by atoms with E-state index in [9.17, 15) is 14.4 Å². The van der Waals surface area contributed by atoms with Crippen molar-refractivity contribution in [1.82, 2.24) is 9.78 Å². The predicted octanol–water partition coefficient (Wildman–Crippen LogP) is 3.03. The quantitative estimate of drug-likeness (QED) is 0.572. The lowest BCUT2D eigenvalue weighted by atomic mass is 10.2. The van der Waals surface area contributed by atoms with Crippen molar-refractivity contribution >= 4 is 23.5 Å². The van der Waals surface area contributed by atoms with E-state index in [1.54, 1.807) is 22.9 Å². The van der Waals surface area contributed by atoms with Gasteiger partial charge in [0.25, 0.3) is 5.91 Å². The van der Waals surface area contributed by atoms with Gasteiger partial charge in [-0.3, -0.25) is 9.59 Å². The van der Waals surface area contributed by atoms with Crippen LogP contribution in [0.3, 0.4) is 0 Å². The number of nitrogens with zero attached hydrogens (tertiary/aromatic N) is 2. The van der Waals surface area contributed by atoms with Gasteiger partial charge < -0.3 is 15.8 Å². The summed E-state index contributed by atoms with van der Waals surface area (Å²) in [4.78, 5) is 36.5. The van der Waals surface area contributed by atoms with E-state index in [-0.39, 0.29) is 5.69 Å². The molecule has 1 aromatic heterocycles. The van der Waals surface area contributed by atoms with Crippen LogP contribution in [0.1, 0.15) is 52.2 Å². The first kappa shape index (κ1) is 20.3. The summed E-state index contributed by atoms with van der Waals surface area (Å²) in [5.41, 5.74) is 7.87. The van der Waals surface area contributed by atoms with Crippen molar-refractivity contribution in [1.29, 1.82) is 0 Å². The van der Waals surface area contributed by atoms with E-state index in [0.29, 0.717) is 17.2 Å². The number of hydrogen-bond acceptors (Lipinski definition) is 5. The van der Waals surface area contributed by atoms with Gasteiger partial charge in [-0.2, -0.15) is 5.10 Å². The van der Waals surface area contributed by atoms with E-state index in [2.05, 4.69) is 10.4 Å². The standard InChI is InChI=1S/C23H22N4O4/c1-14(22(29)25-17-11-9-16(10-12-17)21(24)28)31-23(30)20-13-19(15-7-8-15)26-27(20)18-5-3-2-4-6-18/h2-6,9-15H,7-8H2,1H3,(H2,24,28)(H,25,29)/t14-/m0/s1. The number of nitrogens with two attached hydrogens (primary N) is 1. The number of benzene rings is 2. The van der Waals surface area contributed by atoms with Gasteiger partial charge in [-0.25, -0.2) is 9.48 Å². The molecule has 0 unspecified atom stereocenters. The summed E-state index contributed by atoms with van der Waals surface area (Å²) in [6.07, 6.45) is 1.06. The van der Waals surface area contributed by atoms with E-state index in [0.717, 1.165) is 24.2 Å². The Kier molecular flexibility index (Phi) is 5.53. The number of amides is 2. The van der Waals surface area contributed by atoms with Crippen molar-refractivity contribution in [2.75, 3.05) is 5.32 Å². The zero-order valence-electron chi connectivity index (χ0n) is 16.9. The molecule has 0 spiro atoms. The SMILES string of the molecule is C[C@H](OC(=O)c1cc(C2CC2)nn1-c1ccccc1)C(=O)Nc1ccc(C(N)=O)cc1. The van der Waals surface area contributed by atoms with E-state index in [1.165, 1.54) is 19.1 Å². The number of ether oxygens (including phenoxy) is 1. The number of esters is 1. The molecule has 1 atom stereocenters. The molecule has 2 aromatic carbocycles. The topological polar surface area (TPSA) is 116 Å². The number of carbonyl (C=O) groups is 3. The van der Waals surface area contributed by atoms with E-state index in [4.69, 9.17) is 10.5 Å². The molecule has 8 nitrogen and oxygen atoms in total. The number of carbonyl (C=O) groups excluding carboxylic acids is 3. The highest BCUT2D eigenvalue weighted by Crippen LogP contribution is 2.39. The van der Waals surface area contributed by atoms with Gasteiger partial charge in [-0.05, 0) is 62.2 Å². The Morgan fingerprint density at radius 2 is 1.77 bits per heavy atom. The summed E-state index contributed by atoms with van der Waals surface area (Å²) in [5, 5.41) is 7.24. The fourth-order valence-corrected chi connectivity index (χ4v) is 3.13. The molecule has 4 rings (SSSR count). The molecule has 8 heteroatoms. The number of aromatic nitrogens is 2. The Morgan fingerprint density at radius 1 is 1.10 bits per heavy atom. The lowest BCUT2D eigenvalue weighted by molar-refractivity contribution is -0.123. The summed E-state index contributed by atoms with van der Waals surface area (Å²) in [6, 6.07) is 17.2. The van der Waals surface area contributed by atoms with Gasteiger partial charge in [0.05, 0.1) is 11.4 Å². The first-order valence-corrected chi connectivity index (χ1v) is 9.99. The molecule has 0 aliphatic heterocycles. The van der Waals surface area contributed by atoms with Gasteiger partial charge in [0.2, 0.25) is 5.91 Å². The normalized spacial score (nSPS) is 14.0. The molecule has 1 fully saturated rings. The van der Waals surface area contributed by atoms with Crippen LogP contribution >= 0.6 is 0 Å². The molecule has 0 bridgehead atoms.